The minimum atomic E-state index is -1.43. The third kappa shape index (κ3) is 4.92. The number of benzene rings is 1. The second-order valence-electron chi connectivity index (χ2n) is 10.9. The quantitative estimate of drug-likeness (QED) is 0.255. The first-order valence-corrected chi connectivity index (χ1v) is 13.4. The molecule has 6 rings (SSSR count). The Morgan fingerprint density at radius 1 is 1.15 bits per heavy atom. The van der Waals surface area contributed by atoms with Crippen LogP contribution < -0.4 is 10.1 Å². The van der Waals surface area contributed by atoms with Gasteiger partial charge in [0.2, 0.25) is 0 Å². The maximum atomic E-state index is 13.4. The smallest absolute Gasteiger partial charge is 0.176 e. The zero-order valence-corrected chi connectivity index (χ0v) is 22.0. The van der Waals surface area contributed by atoms with Crippen molar-refractivity contribution in [1.82, 2.24) is 34.8 Å². The normalized spacial score (nSPS) is 20.9. The van der Waals surface area contributed by atoms with Crippen molar-refractivity contribution in [2.75, 3.05) is 6.61 Å². The summed E-state index contributed by atoms with van der Waals surface area (Å²) in [5.74, 6) is 0.125. The molecule has 0 radical (unpaired) electrons. The fraction of sp³-hybridized carbons (Fsp3) is 0.464. The molecule has 3 aromatic heterocycles. The molecule has 202 valence electrons. The lowest BCUT2D eigenvalue weighted by molar-refractivity contribution is 0.00421. The molecule has 0 spiro atoms. The Kier molecular flexibility index (Phi) is 6.43. The van der Waals surface area contributed by atoms with Crippen molar-refractivity contribution in [3.8, 4) is 23.2 Å². The Balaban J connectivity index is 1.31. The lowest BCUT2D eigenvalue weighted by Crippen LogP contribution is -2.31. The predicted octanol–water partition coefficient (Wildman–Crippen LogP) is 4.31. The van der Waals surface area contributed by atoms with Gasteiger partial charge in [-0.1, -0.05) is 5.21 Å². The Morgan fingerprint density at radius 2 is 1.92 bits per heavy atom. The van der Waals surface area contributed by atoms with Gasteiger partial charge in [-0.05, 0) is 76.6 Å². The van der Waals surface area contributed by atoms with Crippen molar-refractivity contribution in [3.05, 3.63) is 54.0 Å². The summed E-state index contributed by atoms with van der Waals surface area (Å²) in [4.78, 5) is 8.72. The van der Waals surface area contributed by atoms with Gasteiger partial charge in [-0.2, -0.15) is 5.26 Å². The molecule has 2 N–H and O–H groups in total. The topological polar surface area (TPSA) is 127 Å². The summed E-state index contributed by atoms with van der Waals surface area (Å²) in [5.41, 5.74) is 3.10. The molecule has 2 fully saturated rings. The number of hydrogen-bond donors (Lipinski definition) is 2. The van der Waals surface area contributed by atoms with Crippen molar-refractivity contribution < 1.29 is 14.2 Å². The van der Waals surface area contributed by atoms with Gasteiger partial charge in [-0.25, -0.2) is 14.1 Å². The van der Waals surface area contributed by atoms with Gasteiger partial charge in [0, 0.05) is 17.6 Å². The number of halogens is 1. The van der Waals surface area contributed by atoms with Crippen LogP contribution in [0, 0.1) is 24.2 Å². The van der Waals surface area contributed by atoms with Crippen LogP contribution in [0.4, 0.5) is 4.39 Å². The lowest BCUT2D eigenvalue weighted by Gasteiger charge is -2.28. The summed E-state index contributed by atoms with van der Waals surface area (Å²) in [5, 5.41) is 31.9. The summed E-state index contributed by atoms with van der Waals surface area (Å²) in [7, 11) is 0. The molecule has 4 aromatic rings. The van der Waals surface area contributed by atoms with Crippen LogP contribution in [0.5, 0.6) is 5.75 Å². The van der Waals surface area contributed by atoms with Crippen molar-refractivity contribution in [2.45, 2.75) is 76.1 Å². The third-order valence-corrected chi connectivity index (χ3v) is 7.87. The minimum Gasteiger partial charge on any atom is -0.488 e. The van der Waals surface area contributed by atoms with E-state index in [1.165, 1.54) is 12.1 Å². The Morgan fingerprint density at radius 3 is 2.62 bits per heavy atom. The fourth-order valence-electron chi connectivity index (χ4n) is 5.51. The average molecular weight is 531 g/mol. The molecule has 39 heavy (non-hydrogen) atoms. The van der Waals surface area contributed by atoms with Crippen LogP contribution >= 0.6 is 0 Å². The predicted molar refractivity (Wildman–Crippen MR) is 141 cm³/mol. The number of aromatic nitrogens is 6. The SMILES string of the molecule is Cc1c(-c2cc(OCC(C)(O)c3ccc(F)cn3)c3c(c2)ncn3C2CC2)nnn1C1CCC(NC#N)CC1. The molecular weight excluding hydrogens is 499 g/mol. The molecule has 1 atom stereocenters. The minimum absolute atomic E-state index is 0.0777. The van der Waals surface area contributed by atoms with Crippen molar-refractivity contribution in [2.24, 2.45) is 0 Å². The van der Waals surface area contributed by atoms with Crippen molar-refractivity contribution >= 4 is 11.0 Å². The van der Waals surface area contributed by atoms with E-state index in [1.807, 2.05) is 30.1 Å². The van der Waals surface area contributed by atoms with Crippen molar-refractivity contribution in [3.63, 3.8) is 0 Å². The zero-order valence-electron chi connectivity index (χ0n) is 22.0. The lowest BCUT2D eigenvalue weighted by atomic mass is 9.91. The van der Waals surface area contributed by atoms with E-state index in [9.17, 15) is 9.50 Å². The first-order chi connectivity index (χ1) is 18.8. The molecule has 1 aromatic carbocycles. The standard InChI is InChI=1S/C28H31FN8O2/c1-17-26(34-35-37(17)22-6-4-20(5-7-22)32-15-30)18-11-23-27(36(16-33-23)21-8-9-21)24(12-18)39-14-28(2,38)25-10-3-19(29)13-31-25/h3,10-13,16,20-22,32,38H,4-9,14H2,1-2H3. The van der Waals surface area contributed by atoms with Gasteiger partial charge in [0.15, 0.2) is 6.19 Å². The summed E-state index contributed by atoms with van der Waals surface area (Å²) in [6.45, 7) is 3.54. The fourth-order valence-corrected chi connectivity index (χ4v) is 5.51. The Bertz CT molecular complexity index is 1530. The zero-order chi connectivity index (χ0) is 27.1. The Hall–Kier alpha value is -4.04. The molecule has 3 heterocycles. The summed E-state index contributed by atoms with van der Waals surface area (Å²) in [6, 6.07) is 7.52. The van der Waals surface area contributed by atoms with E-state index < -0.39 is 11.4 Å². The van der Waals surface area contributed by atoms with E-state index in [0.717, 1.165) is 72.7 Å². The van der Waals surface area contributed by atoms with Crippen LogP contribution in [0.2, 0.25) is 0 Å². The number of nitriles is 1. The number of nitrogens with one attached hydrogen (secondary N) is 1. The van der Waals surface area contributed by atoms with Gasteiger partial charge in [0.25, 0.3) is 0 Å². The van der Waals surface area contributed by atoms with Gasteiger partial charge < -0.3 is 19.7 Å². The highest BCUT2D eigenvalue weighted by molar-refractivity contribution is 5.88. The average Bonchev–Trinajstić information content (AvgIpc) is 3.57. The molecule has 0 saturated heterocycles. The maximum Gasteiger partial charge on any atom is 0.176 e. The van der Waals surface area contributed by atoms with Crippen LogP contribution in [0.25, 0.3) is 22.3 Å². The van der Waals surface area contributed by atoms with Gasteiger partial charge in [0.05, 0.1) is 35.5 Å². The monoisotopic (exact) mass is 530 g/mol. The molecule has 0 amide bonds. The summed E-state index contributed by atoms with van der Waals surface area (Å²) < 4.78 is 23.8. The van der Waals surface area contributed by atoms with Crippen LogP contribution in [0.15, 0.2) is 36.8 Å². The van der Waals surface area contributed by atoms with E-state index in [1.54, 1.807) is 6.92 Å². The second-order valence-corrected chi connectivity index (χ2v) is 10.9. The summed E-state index contributed by atoms with van der Waals surface area (Å²) in [6.07, 6.45) is 10.8. The first kappa shape index (κ1) is 25.2. The van der Waals surface area contributed by atoms with E-state index in [4.69, 9.17) is 10.00 Å². The second kappa shape index (κ2) is 9.93. The van der Waals surface area contributed by atoms with Gasteiger partial charge in [-0.3, -0.25) is 4.98 Å². The number of rotatable bonds is 8. The number of nitrogens with zero attached hydrogens (tertiary/aromatic N) is 7. The van der Waals surface area contributed by atoms with Crippen LogP contribution in [-0.4, -0.2) is 47.3 Å². The molecular formula is C28H31FN8O2. The van der Waals surface area contributed by atoms with E-state index in [0.29, 0.717) is 17.5 Å². The van der Waals surface area contributed by atoms with E-state index in [-0.39, 0.29) is 18.7 Å². The molecule has 0 bridgehead atoms. The van der Waals surface area contributed by atoms with Gasteiger partial charge >= 0.3 is 0 Å². The number of ether oxygens (including phenoxy) is 1. The molecule has 1 unspecified atom stereocenters. The van der Waals surface area contributed by atoms with Gasteiger partial charge in [0.1, 0.15) is 35.0 Å². The largest absolute Gasteiger partial charge is 0.488 e. The van der Waals surface area contributed by atoms with Crippen molar-refractivity contribution in [1.29, 1.82) is 5.26 Å². The van der Waals surface area contributed by atoms with E-state index >= 15 is 0 Å². The van der Waals surface area contributed by atoms with Gasteiger partial charge in [-0.15, -0.1) is 5.10 Å². The molecule has 2 aliphatic carbocycles. The van der Waals surface area contributed by atoms with Crippen LogP contribution in [-0.2, 0) is 5.60 Å². The molecule has 10 nitrogen and oxygen atoms in total. The van der Waals surface area contributed by atoms with E-state index in [2.05, 4.69) is 36.4 Å². The number of aliphatic hydroxyl groups is 1. The number of pyridine rings is 1. The highest BCUT2D eigenvalue weighted by atomic mass is 19.1. The highest BCUT2D eigenvalue weighted by Crippen LogP contribution is 2.42. The maximum absolute atomic E-state index is 13.4. The molecule has 2 aliphatic rings. The first-order valence-electron chi connectivity index (χ1n) is 13.4. The highest BCUT2D eigenvalue weighted by Gasteiger charge is 2.30. The number of hydrogen-bond acceptors (Lipinski definition) is 8. The number of fused-ring (bicyclic) bond motifs is 1. The molecule has 11 heteroatoms. The molecule has 2 saturated carbocycles. The third-order valence-electron chi connectivity index (χ3n) is 7.87. The Labute approximate surface area is 225 Å². The number of imidazole rings is 1. The molecule has 0 aliphatic heterocycles. The van der Waals surface area contributed by atoms with Crippen LogP contribution in [0.3, 0.4) is 0 Å². The van der Waals surface area contributed by atoms with Crippen LogP contribution in [0.1, 0.15) is 68.9 Å². The summed E-state index contributed by atoms with van der Waals surface area (Å²) >= 11 is 0.